The summed E-state index contributed by atoms with van der Waals surface area (Å²) in [7, 11) is 0. The second kappa shape index (κ2) is 6.40. The fourth-order valence-electron chi connectivity index (χ4n) is 1.12. The van der Waals surface area contributed by atoms with E-state index in [1.807, 2.05) is 12.1 Å². The molecule has 0 fully saturated rings. The second-order valence-electron chi connectivity index (χ2n) is 3.24. The molecular weight excluding hydrogens is 204 g/mol. The van der Waals surface area contributed by atoms with Crippen LogP contribution in [-0.2, 0) is 4.79 Å². The van der Waals surface area contributed by atoms with Gasteiger partial charge >= 0.3 is 0 Å². The SMILES string of the molecule is NC(=O)c1ccccc1.O=C1CCC=CN1. The molecule has 1 aliphatic heterocycles. The number of allylic oxidation sites excluding steroid dienone is 1. The summed E-state index contributed by atoms with van der Waals surface area (Å²) < 4.78 is 0. The highest BCUT2D eigenvalue weighted by atomic mass is 16.1. The zero-order valence-corrected chi connectivity index (χ0v) is 8.85. The van der Waals surface area contributed by atoms with Gasteiger partial charge in [0.2, 0.25) is 11.8 Å². The third kappa shape index (κ3) is 4.41. The van der Waals surface area contributed by atoms with Crippen molar-refractivity contribution in [2.45, 2.75) is 12.8 Å². The number of rotatable bonds is 1. The van der Waals surface area contributed by atoms with Crippen molar-refractivity contribution in [1.82, 2.24) is 5.32 Å². The number of nitrogens with two attached hydrogens (primary N) is 1. The van der Waals surface area contributed by atoms with E-state index in [1.54, 1.807) is 30.5 Å². The maximum absolute atomic E-state index is 10.4. The van der Waals surface area contributed by atoms with Gasteiger partial charge in [0.15, 0.2) is 0 Å². The summed E-state index contributed by atoms with van der Waals surface area (Å²) >= 11 is 0. The molecule has 0 atom stereocenters. The first-order valence-electron chi connectivity index (χ1n) is 4.99. The Labute approximate surface area is 94.1 Å². The lowest BCUT2D eigenvalue weighted by atomic mass is 10.2. The predicted octanol–water partition coefficient (Wildman–Crippen LogP) is 1.20. The quantitative estimate of drug-likeness (QED) is 0.743. The topological polar surface area (TPSA) is 72.2 Å². The Kier molecular flexibility index (Phi) is 4.79. The van der Waals surface area contributed by atoms with Gasteiger partial charge in [0.25, 0.3) is 0 Å². The van der Waals surface area contributed by atoms with Crippen LogP contribution < -0.4 is 11.1 Å². The number of amides is 2. The van der Waals surface area contributed by atoms with Crippen molar-refractivity contribution in [2.24, 2.45) is 5.73 Å². The largest absolute Gasteiger partial charge is 0.366 e. The van der Waals surface area contributed by atoms with Crippen LogP contribution in [-0.4, -0.2) is 11.8 Å². The van der Waals surface area contributed by atoms with Gasteiger partial charge < -0.3 is 11.1 Å². The average Bonchev–Trinajstić information content (AvgIpc) is 2.32. The van der Waals surface area contributed by atoms with Crippen LogP contribution in [0.3, 0.4) is 0 Å². The summed E-state index contributed by atoms with van der Waals surface area (Å²) in [4.78, 5) is 20.7. The molecule has 4 nitrogen and oxygen atoms in total. The molecule has 3 N–H and O–H groups in total. The highest BCUT2D eigenvalue weighted by Gasteiger charge is 1.98. The number of carbonyl (C=O) groups is 2. The number of hydrogen-bond acceptors (Lipinski definition) is 2. The van der Waals surface area contributed by atoms with Gasteiger partial charge in [-0.15, -0.1) is 0 Å². The van der Waals surface area contributed by atoms with Crippen LogP contribution in [0.25, 0.3) is 0 Å². The molecule has 84 valence electrons. The lowest BCUT2D eigenvalue weighted by molar-refractivity contribution is -0.120. The Morgan fingerprint density at radius 1 is 1.25 bits per heavy atom. The lowest BCUT2D eigenvalue weighted by Gasteiger charge is -2.00. The predicted molar refractivity (Wildman–Crippen MR) is 61.5 cm³/mol. The third-order valence-corrected chi connectivity index (χ3v) is 1.96. The fraction of sp³-hybridized carbons (Fsp3) is 0.167. The molecule has 1 heterocycles. The van der Waals surface area contributed by atoms with E-state index < -0.39 is 0 Å². The molecule has 2 rings (SSSR count). The smallest absolute Gasteiger partial charge is 0.248 e. The molecule has 1 aromatic rings. The molecule has 0 unspecified atom stereocenters. The average molecular weight is 218 g/mol. The summed E-state index contributed by atoms with van der Waals surface area (Å²) in [5, 5.41) is 2.56. The monoisotopic (exact) mass is 218 g/mol. The molecular formula is C12H14N2O2. The van der Waals surface area contributed by atoms with Gasteiger partial charge in [0, 0.05) is 12.0 Å². The Balaban J connectivity index is 0.000000165. The Hall–Kier alpha value is -2.10. The Morgan fingerprint density at radius 2 is 1.94 bits per heavy atom. The highest BCUT2D eigenvalue weighted by molar-refractivity contribution is 5.92. The van der Waals surface area contributed by atoms with E-state index in [0.29, 0.717) is 12.0 Å². The van der Waals surface area contributed by atoms with E-state index in [1.165, 1.54) is 0 Å². The highest BCUT2D eigenvalue weighted by Crippen LogP contribution is 1.95. The number of primary amides is 1. The Morgan fingerprint density at radius 3 is 2.25 bits per heavy atom. The first kappa shape index (κ1) is 12.0. The molecule has 0 aromatic heterocycles. The fourth-order valence-corrected chi connectivity index (χ4v) is 1.12. The van der Waals surface area contributed by atoms with Crippen LogP contribution in [0, 0.1) is 0 Å². The molecule has 0 saturated carbocycles. The normalized spacial score (nSPS) is 13.4. The van der Waals surface area contributed by atoms with Crippen molar-refractivity contribution >= 4 is 11.8 Å². The van der Waals surface area contributed by atoms with E-state index in [-0.39, 0.29) is 11.8 Å². The van der Waals surface area contributed by atoms with Crippen LogP contribution in [0.5, 0.6) is 0 Å². The zero-order chi connectivity index (χ0) is 11.8. The van der Waals surface area contributed by atoms with Crippen LogP contribution in [0.1, 0.15) is 23.2 Å². The van der Waals surface area contributed by atoms with Gasteiger partial charge in [-0.3, -0.25) is 9.59 Å². The summed E-state index contributed by atoms with van der Waals surface area (Å²) in [5.74, 6) is -0.252. The number of carbonyl (C=O) groups excluding carboxylic acids is 2. The molecule has 0 saturated heterocycles. The van der Waals surface area contributed by atoms with E-state index >= 15 is 0 Å². The molecule has 1 aromatic carbocycles. The van der Waals surface area contributed by atoms with Gasteiger partial charge in [-0.1, -0.05) is 24.3 Å². The Bertz CT molecular complexity index is 385. The zero-order valence-electron chi connectivity index (χ0n) is 8.85. The van der Waals surface area contributed by atoms with Crippen LogP contribution in [0.15, 0.2) is 42.6 Å². The van der Waals surface area contributed by atoms with Gasteiger partial charge in [-0.05, 0) is 24.8 Å². The first-order valence-corrected chi connectivity index (χ1v) is 4.99. The summed E-state index contributed by atoms with van der Waals surface area (Å²) in [5.41, 5.74) is 5.53. The molecule has 2 amide bonds. The molecule has 4 heteroatoms. The van der Waals surface area contributed by atoms with Crippen molar-refractivity contribution in [3.8, 4) is 0 Å². The number of benzene rings is 1. The van der Waals surface area contributed by atoms with E-state index in [4.69, 9.17) is 5.73 Å². The van der Waals surface area contributed by atoms with E-state index in [0.717, 1.165) is 6.42 Å². The van der Waals surface area contributed by atoms with Crippen molar-refractivity contribution in [3.63, 3.8) is 0 Å². The maximum atomic E-state index is 10.4. The molecule has 0 bridgehead atoms. The van der Waals surface area contributed by atoms with Gasteiger partial charge in [-0.2, -0.15) is 0 Å². The summed E-state index contributed by atoms with van der Waals surface area (Å²) in [6.07, 6.45) is 5.18. The van der Waals surface area contributed by atoms with Crippen molar-refractivity contribution in [1.29, 1.82) is 0 Å². The third-order valence-electron chi connectivity index (χ3n) is 1.96. The molecule has 0 spiro atoms. The minimum atomic E-state index is -0.379. The van der Waals surface area contributed by atoms with Crippen LogP contribution in [0.2, 0.25) is 0 Å². The van der Waals surface area contributed by atoms with Crippen molar-refractivity contribution in [2.75, 3.05) is 0 Å². The lowest BCUT2D eigenvalue weighted by Crippen LogP contribution is -2.18. The van der Waals surface area contributed by atoms with E-state index in [9.17, 15) is 9.59 Å². The van der Waals surface area contributed by atoms with Gasteiger partial charge in [0.1, 0.15) is 0 Å². The van der Waals surface area contributed by atoms with Crippen molar-refractivity contribution in [3.05, 3.63) is 48.2 Å². The number of nitrogens with one attached hydrogen (secondary N) is 1. The van der Waals surface area contributed by atoms with Gasteiger partial charge in [0.05, 0.1) is 0 Å². The molecule has 0 aliphatic carbocycles. The summed E-state index contributed by atoms with van der Waals surface area (Å²) in [6.45, 7) is 0. The van der Waals surface area contributed by atoms with Crippen LogP contribution >= 0.6 is 0 Å². The molecule has 1 aliphatic rings. The minimum Gasteiger partial charge on any atom is -0.366 e. The summed E-state index contributed by atoms with van der Waals surface area (Å²) in [6, 6.07) is 8.76. The minimum absolute atomic E-state index is 0.127. The van der Waals surface area contributed by atoms with Crippen molar-refractivity contribution < 1.29 is 9.59 Å². The standard InChI is InChI=1S/C7H7NO.C5H7NO/c8-7(9)6-4-2-1-3-5-6;7-5-3-1-2-4-6-5/h1-5H,(H2,8,9);2,4H,1,3H2,(H,6,7). The van der Waals surface area contributed by atoms with Gasteiger partial charge in [-0.25, -0.2) is 0 Å². The first-order chi connectivity index (χ1) is 7.70. The maximum Gasteiger partial charge on any atom is 0.248 e. The molecule has 16 heavy (non-hydrogen) atoms. The van der Waals surface area contributed by atoms with Crippen LogP contribution in [0.4, 0.5) is 0 Å². The van der Waals surface area contributed by atoms with E-state index in [2.05, 4.69) is 5.32 Å². The number of hydrogen-bond donors (Lipinski definition) is 2. The second-order valence-corrected chi connectivity index (χ2v) is 3.24. The molecule has 0 radical (unpaired) electrons.